The summed E-state index contributed by atoms with van der Waals surface area (Å²) in [6.07, 6.45) is 7.36. The molecule has 172 valence electrons. The number of hydrogen-bond donors (Lipinski definition) is 3. The van der Waals surface area contributed by atoms with Crippen molar-refractivity contribution >= 4 is 11.9 Å². The second-order valence-corrected chi connectivity index (χ2v) is 7.87. The molecule has 32 heavy (non-hydrogen) atoms. The van der Waals surface area contributed by atoms with Crippen LogP contribution in [0.5, 0.6) is 0 Å². The topological polar surface area (TPSA) is 111 Å². The Labute approximate surface area is 188 Å². The second kappa shape index (κ2) is 12.7. The van der Waals surface area contributed by atoms with Crippen LogP contribution in [0.2, 0.25) is 0 Å². The highest BCUT2D eigenvalue weighted by Crippen LogP contribution is 2.26. The molecule has 0 aromatic carbocycles. The van der Waals surface area contributed by atoms with Gasteiger partial charge in [0.05, 0.1) is 17.4 Å². The number of nitrogens with zero attached hydrogens (tertiary/aromatic N) is 4. The fourth-order valence-corrected chi connectivity index (χ4v) is 3.91. The van der Waals surface area contributed by atoms with Crippen LogP contribution in [-0.4, -0.2) is 69.6 Å². The molecule has 9 nitrogen and oxygen atoms in total. The summed E-state index contributed by atoms with van der Waals surface area (Å²) in [6.45, 7) is 3.42. The Kier molecular flexibility index (Phi) is 9.39. The summed E-state index contributed by atoms with van der Waals surface area (Å²) in [5.41, 5.74) is 3.55. The zero-order valence-corrected chi connectivity index (χ0v) is 18.3. The number of hydrogen-bond acceptors (Lipinski definition) is 6. The van der Waals surface area contributed by atoms with Crippen molar-refractivity contribution in [3.05, 3.63) is 60.2 Å². The zero-order chi connectivity index (χ0) is 22.6. The first-order valence-electron chi connectivity index (χ1n) is 11.2. The molecule has 0 aliphatic carbocycles. The minimum absolute atomic E-state index is 0.0310. The van der Waals surface area contributed by atoms with E-state index in [1.165, 1.54) is 0 Å². The quantitative estimate of drug-likeness (QED) is 0.297. The predicted octanol–water partition coefficient (Wildman–Crippen LogP) is 2.35. The summed E-state index contributed by atoms with van der Waals surface area (Å²) in [7, 11) is 0. The average Bonchev–Trinajstić information content (AvgIpc) is 2.85. The summed E-state index contributed by atoms with van der Waals surface area (Å²) in [5.74, 6) is -0.356. The van der Waals surface area contributed by atoms with E-state index in [2.05, 4.69) is 20.2 Å². The number of carbonyl (C=O) groups excluding carboxylic acids is 2. The fraction of sp³-hybridized carbons (Fsp3) is 0.478. The maximum atomic E-state index is 12.5. The standard InChI is InChI=1S/C23H32N6O3/c30-21(27-32)11-3-1-2-6-14-26-23(31)29-17-15-28(16-18-29)22(19-9-4-7-12-24-19)20-10-5-8-13-25-20/h4-5,7-10,12-13,22,32H,1-3,6,11,14-18H2,(H,26,31)(H,27,30). The SMILES string of the molecule is O=C(CCCCCCNC(=O)N1CCN(C(c2ccccn2)c2ccccn2)CC1)NO. The number of carbonyl (C=O) groups is 2. The number of amides is 3. The maximum absolute atomic E-state index is 12.5. The predicted molar refractivity (Wildman–Crippen MR) is 120 cm³/mol. The van der Waals surface area contributed by atoms with Crippen molar-refractivity contribution < 1.29 is 14.8 Å². The molecular formula is C23H32N6O3. The summed E-state index contributed by atoms with van der Waals surface area (Å²) in [4.78, 5) is 36.8. The Morgan fingerprint density at radius 2 is 1.53 bits per heavy atom. The smallest absolute Gasteiger partial charge is 0.317 e. The Morgan fingerprint density at radius 1 is 0.906 bits per heavy atom. The number of hydroxylamine groups is 1. The molecule has 9 heteroatoms. The van der Waals surface area contributed by atoms with Gasteiger partial charge in [-0.25, -0.2) is 10.3 Å². The van der Waals surface area contributed by atoms with Crippen LogP contribution in [0.25, 0.3) is 0 Å². The number of piperazine rings is 1. The highest BCUT2D eigenvalue weighted by atomic mass is 16.5. The highest BCUT2D eigenvalue weighted by molar-refractivity contribution is 5.74. The van der Waals surface area contributed by atoms with E-state index in [0.29, 0.717) is 26.1 Å². The van der Waals surface area contributed by atoms with Crippen LogP contribution >= 0.6 is 0 Å². The van der Waals surface area contributed by atoms with Crippen molar-refractivity contribution in [3.63, 3.8) is 0 Å². The molecule has 0 unspecified atom stereocenters. The third-order valence-electron chi connectivity index (χ3n) is 5.63. The number of urea groups is 1. The van der Waals surface area contributed by atoms with Crippen molar-refractivity contribution in [2.75, 3.05) is 32.7 Å². The Morgan fingerprint density at radius 3 is 2.09 bits per heavy atom. The van der Waals surface area contributed by atoms with E-state index in [9.17, 15) is 9.59 Å². The Hall–Kier alpha value is -3.04. The van der Waals surface area contributed by atoms with Gasteiger partial charge >= 0.3 is 6.03 Å². The highest BCUT2D eigenvalue weighted by Gasteiger charge is 2.29. The third-order valence-corrected chi connectivity index (χ3v) is 5.63. The molecule has 1 fully saturated rings. The van der Waals surface area contributed by atoms with Gasteiger partial charge in [0, 0.05) is 51.5 Å². The largest absolute Gasteiger partial charge is 0.338 e. The van der Waals surface area contributed by atoms with E-state index < -0.39 is 0 Å². The first-order valence-corrected chi connectivity index (χ1v) is 11.2. The first kappa shape index (κ1) is 23.6. The van der Waals surface area contributed by atoms with Crippen molar-refractivity contribution in [3.8, 4) is 0 Å². The number of pyridine rings is 2. The van der Waals surface area contributed by atoms with E-state index in [1.807, 2.05) is 41.3 Å². The molecular weight excluding hydrogens is 408 g/mol. The lowest BCUT2D eigenvalue weighted by molar-refractivity contribution is -0.129. The molecule has 1 aliphatic heterocycles. The van der Waals surface area contributed by atoms with E-state index in [1.54, 1.807) is 17.9 Å². The fourth-order valence-electron chi connectivity index (χ4n) is 3.91. The summed E-state index contributed by atoms with van der Waals surface area (Å²) in [5, 5.41) is 11.5. The van der Waals surface area contributed by atoms with E-state index in [0.717, 1.165) is 50.2 Å². The molecule has 0 bridgehead atoms. The molecule has 0 atom stereocenters. The van der Waals surface area contributed by atoms with Crippen molar-refractivity contribution in [2.24, 2.45) is 0 Å². The Balaban J connectivity index is 1.43. The van der Waals surface area contributed by atoms with Gasteiger partial charge in [-0.1, -0.05) is 25.0 Å². The normalized spacial score (nSPS) is 14.4. The van der Waals surface area contributed by atoms with Crippen molar-refractivity contribution in [1.29, 1.82) is 0 Å². The maximum Gasteiger partial charge on any atom is 0.317 e. The third kappa shape index (κ3) is 7.00. The van der Waals surface area contributed by atoms with Gasteiger partial charge in [0.1, 0.15) is 0 Å². The van der Waals surface area contributed by atoms with Crippen LogP contribution in [0, 0.1) is 0 Å². The first-order chi connectivity index (χ1) is 15.7. The molecule has 3 rings (SSSR count). The number of rotatable bonds is 10. The minimum atomic E-state index is -0.356. The lowest BCUT2D eigenvalue weighted by Crippen LogP contribution is -2.52. The van der Waals surface area contributed by atoms with Gasteiger partial charge in [-0.2, -0.15) is 0 Å². The van der Waals surface area contributed by atoms with Gasteiger partial charge in [-0.3, -0.25) is 24.9 Å². The van der Waals surface area contributed by atoms with Crippen LogP contribution in [0.15, 0.2) is 48.8 Å². The van der Waals surface area contributed by atoms with Crippen LogP contribution in [-0.2, 0) is 4.79 Å². The molecule has 0 radical (unpaired) electrons. The van der Waals surface area contributed by atoms with Gasteiger partial charge < -0.3 is 10.2 Å². The minimum Gasteiger partial charge on any atom is -0.338 e. The summed E-state index contributed by atoms with van der Waals surface area (Å²) < 4.78 is 0. The lowest BCUT2D eigenvalue weighted by atomic mass is 10.1. The summed E-state index contributed by atoms with van der Waals surface area (Å²) in [6, 6.07) is 11.8. The monoisotopic (exact) mass is 440 g/mol. The van der Waals surface area contributed by atoms with Gasteiger partial charge in [0.2, 0.25) is 5.91 Å². The molecule has 2 aromatic rings. The van der Waals surface area contributed by atoms with E-state index in [4.69, 9.17) is 5.21 Å². The molecule has 1 saturated heterocycles. The van der Waals surface area contributed by atoms with E-state index in [-0.39, 0.29) is 18.0 Å². The molecule has 0 saturated carbocycles. The Bertz CT molecular complexity index is 789. The van der Waals surface area contributed by atoms with Crippen LogP contribution in [0.3, 0.4) is 0 Å². The van der Waals surface area contributed by atoms with Gasteiger partial charge in [-0.05, 0) is 37.1 Å². The zero-order valence-electron chi connectivity index (χ0n) is 18.3. The number of nitrogens with one attached hydrogen (secondary N) is 2. The summed E-state index contributed by atoms with van der Waals surface area (Å²) >= 11 is 0. The van der Waals surface area contributed by atoms with Gasteiger partial charge in [0.25, 0.3) is 0 Å². The van der Waals surface area contributed by atoms with Crippen LogP contribution < -0.4 is 10.8 Å². The number of aromatic nitrogens is 2. The number of unbranched alkanes of at least 4 members (excludes halogenated alkanes) is 3. The van der Waals surface area contributed by atoms with Crippen LogP contribution in [0.1, 0.15) is 49.5 Å². The molecule has 2 aromatic heterocycles. The molecule has 0 spiro atoms. The molecule has 1 aliphatic rings. The van der Waals surface area contributed by atoms with Crippen LogP contribution in [0.4, 0.5) is 4.79 Å². The van der Waals surface area contributed by atoms with Gasteiger partial charge in [-0.15, -0.1) is 0 Å². The average molecular weight is 441 g/mol. The molecule has 3 amide bonds. The molecule has 3 heterocycles. The molecule has 3 N–H and O–H groups in total. The van der Waals surface area contributed by atoms with Gasteiger partial charge in [0.15, 0.2) is 0 Å². The second-order valence-electron chi connectivity index (χ2n) is 7.87. The van der Waals surface area contributed by atoms with E-state index >= 15 is 0 Å². The van der Waals surface area contributed by atoms with Crippen molar-refractivity contribution in [2.45, 2.75) is 38.1 Å². The van der Waals surface area contributed by atoms with Crippen molar-refractivity contribution in [1.82, 2.24) is 30.6 Å². The lowest BCUT2D eigenvalue weighted by Gasteiger charge is -2.38.